The Hall–Kier alpha value is -0.610. The summed E-state index contributed by atoms with van der Waals surface area (Å²) in [5, 5.41) is 15.9. The molecule has 1 heterocycles. The predicted octanol–water partition coefficient (Wildman–Crippen LogP) is 0.899. The second-order valence-corrected chi connectivity index (χ2v) is 6.63. The van der Waals surface area contributed by atoms with E-state index in [-0.39, 0.29) is 23.8 Å². The summed E-state index contributed by atoms with van der Waals surface area (Å²) < 4.78 is 0. The molecule has 0 radical (unpaired) electrons. The lowest BCUT2D eigenvalue weighted by Gasteiger charge is -2.21. The van der Waals surface area contributed by atoms with Crippen LogP contribution in [0, 0.1) is 23.7 Å². The van der Waals surface area contributed by atoms with Gasteiger partial charge in [0.05, 0.1) is 6.10 Å². The van der Waals surface area contributed by atoms with Crippen molar-refractivity contribution in [3.8, 4) is 0 Å². The molecule has 3 fully saturated rings. The molecule has 2 aliphatic carbocycles. The molecule has 1 amide bonds. The van der Waals surface area contributed by atoms with Crippen LogP contribution in [0.2, 0.25) is 0 Å². The van der Waals surface area contributed by atoms with Crippen molar-refractivity contribution in [2.45, 2.75) is 44.6 Å². The van der Waals surface area contributed by atoms with E-state index in [9.17, 15) is 9.90 Å². The SMILES string of the molecule is O=C(NCC1CNCC1O)C1CC1C1CCCCC1. The molecule has 3 rings (SSSR count). The molecule has 4 unspecified atom stereocenters. The predicted molar refractivity (Wildman–Crippen MR) is 73.5 cm³/mol. The molecular formula is C15H26N2O2. The molecule has 19 heavy (non-hydrogen) atoms. The fourth-order valence-electron chi connectivity index (χ4n) is 3.89. The molecule has 3 N–H and O–H groups in total. The van der Waals surface area contributed by atoms with Crippen LogP contribution in [0.25, 0.3) is 0 Å². The van der Waals surface area contributed by atoms with E-state index in [2.05, 4.69) is 10.6 Å². The highest BCUT2D eigenvalue weighted by Crippen LogP contribution is 2.49. The van der Waals surface area contributed by atoms with Gasteiger partial charge in [0.25, 0.3) is 0 Å². The van der Waals surface area contributed by atoms with E-state index >= 15 is 0 Å². The van der Waals surface area contributed by atoms with E-state index in [1.165, 1.54) is 32.1 Å². The number of nitrogens with one attached hydrogen (secondary N) is 2. The highest BCUT2D eigenvalue weighted by Gasteiger charge is 2.47. The van der Waals surface area contributed by atoms with E-state index in [4.69, 9.17) is 0 Å². The number of rotatable bonds is 4. The number of aliphatic hydroxyl groups is 1. The van der Waals surface area contributed by atoms with Gasteiger partial charge < -0.3 is 15.7 Å². The molecular weight excluding hydrogens is 240 g/mol. The van der Waals surface area contributed by atoms with Gasteiger partial charge in [0.2, 0.25) is 5.91 Å². The fourth-order valence-corrected chi connectivity index (χ4v) is 3.89. The molecule has 0 spiro atoms. The summed E-state index contributed by atoms with van der Waals surface area (Å²) >= 11 is 0. The average molecular weight is 266 g/mol. The summed E-state index contributed by atoms with van der Waals surface area (Å²) in [5.74, 6) is 2.16. The second-order valence-electron chi connectivity index (χ2n) is 6.63. The van der Waals surface area contributed by atoms with Crippen LogP contribution in [0.4, 0.5) is 0 Å². The van der Waals surface area contributed by atoms with Crippen LogP contribution in [0.5, 0.6) is 0 Å². The van der Waals surface area contributed by atoms with Gasteiger partial charge in [-0.1, -0.05) is 32.1 Å². The summed E-state index contributed by atoms with van der Waals surface area (Å²) in [4.78, 5) is 12.1. The Labute approximate surface area is 115 Å². The monoisotopic (exact) mass is 266 g/mol. The van der Waals surface area contributed by atoms with Crippen LogP contribution in [-0.4, -0.2) is 36.8 Å². The quantitative estimate of drug-likeness (QED) is 0.708. The van der Waals surface area contributed by atoms with E-state index in [1.807, 2.05) is 0 Å². The van der Waals surface area contributed by atoms with Crippen molar-refractivity contribution >= 4 is 5.91 Å². The van der Waals surface area contributed by atoms with Gasteiger partial charge in [-0.15, -0.1) is 0 Å². The summed E-state index contributed by atoms with van der Waals surface area (Å²) in [6, 6.07) is 0. The van der Waals surface area contributed by atoms with Crippen molar-refractivity contribution in [1.29, 1.82) is 0 Å². The Balaban J connectivity index is 1.39. The van der Waals surface area contributed by atoms with Crippen LogP contribution < -0.4 is 10.6 Å². The van der Waals surface area contributed by atoms with Gasteiger partial charge in [0.15, 0.2) is 0 Å². The molecule has 4 heteroatoms. The van der Waals surface area contributed by atoms with Crippen molar-refractivity contribution < 1.29 is 9.90 Å². The minimum absolute atomic E-state index is 0.191. The largest absolute Gasteiger partial charge is 0.391 e. The van der Waals surface area contributed by atoms with Gasteiger partial charge in [-0.2, -0.15) is 0 Å². The summed E-state index contributed by atoms with van der Waals surface area (Å²) in [5.41, 5.74) is 0. The molecule has 0 aromatic rings. The molecule has 3 aliphatic rings. The number of carbonyl (C=O) groups excluding carboxylic acids is 1. The van der Waals surface area contributed by atoms with Crippen LogP contribution >= 0.6 is 0 Å². The maximum Gasteiger partial charge on any atom is 0.223 e. The third-order valence-electron chi connectivity index (χ3n) is 5.27. The number of carbonyl (C=O) groups is 1. The maximum atomic E-state index is 12.1. The molecule has 0 aromatic carbocycles. The highest BCUT2D eigenvalue weighted by molar-refractivity contribution is 5.81. The Morgan fingerprint density at radius 3 is 2.68 bits per heavy atom. The smallest absolute Gasteiger partial charge is 0.223 e. The Morgan fingerprint density at radius 2 is 2.00 bits per heavy atom. The molecule has 4 nitrogen and oxygen atoms in total. The normalized spacial score (nSPS) is 39.2. The summed E-state index contributed by atoms with van der Waals surface area (Å²) in [6.07, 6.45) is 7.56. The highest BCUT2D eigenvalue weighted by atomic mass is 16.3. The zero-order valence-corrected chi connectivity index (χ0v) is 11.6. The van der Waals surface area contributed by atoms with E-state index < -0.39 is 0 Å². The van der Waals surface area contributed by atoms with Gasteiger partial charge >= 0.3 is 0 Å². The number of amides is 1. The van der Waals surface area contributed by atoms with Gasteiger partial charge in [-0.3, -0.25) is 4.79 Å². The summed E-state index contributed by atoms with van der Waals surface area (Å²) in [7, 11) is 0. The standard InChI is InChI=1S/C15H26N2O2/c18-14-9-16-7-11(14)8-17-15(19)13-6-12(13)10-4-2-1-3-5-10/h10-14,16,18H,1-9H2,(H,17,19). The first-order chi connectivity index (χ1) is 9.25. The minimum atomic E-state index is -0.298. The molecule has 1 aliphatic heterocycles. The van der Waals surface area contributed by atoms with E-state index in [0.717, 1.165) is 18.9 Å². The minimum Gasteiger partial charge on any atom is -0.391 e. The van der Waals surface area contributed by atoms with Crippen molar-refractivity contribution in [2.24, 2.45) is 23.7 Å². The molecule has 108 valence electrons. The molecule has 4 atom stereocenters. The number of β-amino-alcohol motifs (C(OH)–C–C–N with tert-alkyl or cyclic N) is 1. The topological polar surface area (TPSA) is 61.4 Å². The van der Waals surface area contributed by atoms with Crippen molar-refractivity contribution in [1.82, 2.24) is 10.6 Å². The van der Waals surface area contributed by atoms with Crippen molar-refractivity contribution in [3.05, 3.63) is 0 Å². The van der Waals surface area contributed by atoms with Crippen molar-refractivity contribution in [2.75, 3.05) is 19.6 Å². The molecule has 2 saturated carbocycles. The zero-order valence-electron chi connectivity index (χ0n) is 11.6. The number of hydrogen-bond acceptors (Lipinski definition) is 3. The average Bonchev–Trinajstić information content (AvgIpc) is 3.14. The van der Waals surface area contributed by atoms with Crippen molar-refractivity contribution in [3.63, 3.8) is 0 Å². The van der Waals surface area contributed by atoms with Gasteiger partial charge in [0, 0.05) is 31.5 Å². The fraction of sp³-hybridized carbons (Fsp3) is 0.933. The van der Waals surface area contributed by atoms with Gasteiger partial charge in [-0.05, 0) is 18.3 Å². The third-order valence-corrected chi connectivity index (χ3v) is 5.27. The first-order valence-corrected chi connectivity index (χ1v) is 7.92. The Bertz CT molecular complexity index is 328. The molecule has 1 saturated heterocycles. The lowest BCUT2D eigenvalue weighted by molar-refractivity contribution is -0.123. The Morgan fingerprint density at radius 1 is 1.21 bits per heavy atom. The van der Waals surface area contributed by atoms with Gasteiger partial charge in [0.1, 0.15) is 0 Å². The maximum absolute atomic E-state index is 12.1. The summed E-state index contributed by atoms with van der Waals surface area (Å²) in [6.45, 7) is 2.10. The zero-order chi connectivity index (χ0) is 13.2. The number of hydrogen-bond donors (Lipinski definition) is 3. The van der Waals surface area contributed by atoms with Gasteiger partial charge in [-0.25, -0.2) is 0 Å². The van der Waals surface area contributed by atoms with Crippen LogP contribution in [0.3, 0.4) is 0 Å². The molecule has 0 aromatic heterocycles. The van der Waals surface area contributed by atoms with Crippen LogP contribution in [0.15, 0.2) is 0 Å². The van der Waals surface area contributed by atoms with Crippen LogP contribution in [-0.2, 0) is 4.79 Å². The first-order valence-electron chi connectivity index (χ1n) is 7.92. The third kappa shape index (κ3) is 3.11. The first kappa shape index (κ1) is 13.4. The lowest BCUT2D eigenvalue weighted by atomic mass is 9.85. The van der Waals surface area contributed by atoms with E-state index in [1.54, 1.807) is 0 Å². The Kier molecular flexibility index (Phi) is 4.08. The second kappa shape index (κ2) is 5.80. The molecule has 0 bridgehead atoms. The lowest BCUT2D eigenvalue weighted by Crippen LogP contribution is -2.35. The van der Waals surface area contributed by atoms with Crippen LogP contribution in [0.1, 0.15) is 38.5 Å². The number of aliphatic hydroxyl groups excluding tert-OH is 1. The van der Waals surface area contributed by atoms with E-state index in [0.29, 0.717) is 19.0 Å².